The van der Waals surface area contributed by atoms with Gasteiger partial charge in [-0.2, -0.15) is 0 Å². The normalized spacial score (nSPS) is 10.6. The first-order valence-electron chi connectivity index (χ1n) is 12.0. The van der Waals surface area contributed by atoms with Gasteiger partial charge >= 0.3 is 11.9 Å². The fourth-order valence-electron chi connectivity index (χ4n) is 3.36. The topological polar surface area (TPSA) is 71.1 Å². The molecule has 0 saturated carbocycles. The van der Waals surface area contributed by atoms with Crippen LogP contribution in [0, 0.1) is 0 Å². The van der Waals surface area contributed by atoms with Crippen molar-refractivity contribution < 1.29 is 28.5 Å². The molecular weight excluding hydrogens is 500 g/mol. The molecule has 2 aromatic rings. The zero-order chi connectivity index (χ0) is 24.6. The first-order chi connectivity index (χ1) is 16.6. The predicted octanol–water partition coefficient (Wildman–Crippen LogP) is 6.73. The van der Waals surface area contributed by atoms with E-state index in [9.17, 15) is 9.59 Å². The second-order valence-corrected chi connectivity index (χ2v) is 8.51. The fraction of sp³-hybridized carbons (Fsp3) is 0.481. The van der Waals surface area contributed by atoms with Gasteiger partial charge in [0.25, 0.3) is 0 Å². The molecule has 34 heavy (non-hydrogen) atoms. The van der Waals surface area contributed by atoms with Crippen molar-refractivity contribution in [3.05, 3.63) is 59.2 Å². The number of carbonyl (C=O) groups is 2. The van der Waals surface area contributed by atoms with E-state index in [1.165, 1.54) is 31.4 Å². The van der Waals surface area contributed by atoms with Gasteiger partial charge in [0, 0.05) is 5.33 Å². The highest BCUT2D eigenvalue weighted by molar-refractivity contribution is 9.09. The SMILES string of the molecule is CCOC(=O)c1cc(OCc2ccccc2)c(C(=O)OCC)cc1OCCCCCCCCBr. The number of hydrogen-bond donors (Lipinski definition) is 0. The van der Waals surface area contributed by atoms with Gasteiger partial charge in [-0.05, 0) is 44.4 Å². The van der Waals surface area contributed by atoms with E-state index in [4.69, 9.17) is 18.9 Å². The van der Waals surface area contributed by atoms with E-state index in [-0.39, 0.29) is 36.7 Å². The molecule has 2 aromatic carbocycles. The minimum Gasteiger partial charge on any atom is -0.493 e. The third kappa shape index (κ3) is 9.37. The molecule has 186 valence electrons. The van der Waals surface area contributed by atoms with Crippen LogP contribution < -0.4 is 9.47 Å². The highest BCUT2D eigenvalue weighted by Crippen LogP contribution is 2.31. The number of rotatable bonds is 16. The molecule has 0 aromatic heterocycles. The van der Waals surface area contributed by atoms with Crippen LogP contribution in [0.1, 0.15) is 78.7 Å². The predicted molar refractivity (Wildman–Crippen MR) is 136 cm³/mol. The summed E-state index contributed by atoms with van der Waals surface area (Å²) in [5.41, 5.74) is 1.39. The molecule has 2 rings (SSSR count). The zero-order valence-electron chi connectivity index (χ0n) is 20.1. The van der Waals surface area contributed by atoms with Crippen LogP contribution in [0.2, 0.25) is 0 Å². The zero-order valence-corrected chi connectivity index (χ0v) is 21.7. The Morgan fingerprint density at radius 3 is 1.82 bits per heavy atom. The molecule has 0 fully saturated rings. The fourth-order valence-corrected chi connectivity index (χ4v) is 3.75. The summed E-state index contributed by atoms with van der Waals surface area (Å²) in [6, 6.07) is 12.6. The Labute approximate surface area is 211 Å². The largest absolute Gasteiger partial charge is 0.493 e. The number of hydrogen-bond acceptors (Lipinski definition) is 6. The van der Waals surface area contributed by atoms with E-state index < -0.39 is 11.9 Å². The van der Waals surface area contributed by atoms with Gasteiger partial charge in [-0.3, -0.25) is 0 Å². The smallest absolute Gasteiger partial charge is 0.342 e. The summed E-state index contributed by atoms with van der Waals surface area (Å²) in [4.78, 5) is 25.3. The molecule has 0 atom stereocenters. The van der Waals surface area contributed by atoms with E-state index in [0.717, 1.165) is 30.2 Å². The summed E-state index contributed by atoms with van der Waals surface area (Å²) < 4.78 is 22.3. The molecule has 0 aliphatic rings. The summed E-state index contributed by atoms with van der Waals surface area (Å²) in [5, 5.41) is 1.04. The second-order valence-electron chi connectivity index (χ2n) is 7.72. The van der Waals surface area contributed by atoms with Crippen molar-refractivity contribution in [1.29, 1.82) is 0 Å². The number of benzene rings is 2. The lowest BCUT2D eigenvalue weighted by molar-refractivity contribution is 0.0502. The molecule has 0 saturated heterocycles. The first-order valence-corrected chi connectivity index (χ1v) is 13.1. The Balaban J connectivity index is 2.19. The molecule has 0 aliphatic heterocycles. The van der Waals surface area contributed by atoms with Gasteiger partial charge in [0.15, 0.2) is 0 Å². The Bertz CT molecular complexity index is 884. The standard InChI is InChI=1S/C27H35BrO6/c1-3-31-26(29)22-19-25(34-20-21-14-10-9-11-15-21)23(27(30)32-4-2)18-24(22)33-17-13-8-6-5-7-12-16-28/h9-11,14-15,18-19H,3-8,12-13,16-17,20H2,1-2H3. The quantitative estimate of drug-likeness (QED) is 0.135. The van der Waals surface area contributed by atoms with Crippen LogP contribution in [0.5, 0.6) is 11.5 Å². The summed E-state index contributed by atoms with van der Waals surface area (Å²) in [6.45, 7) is 4.62. The summed E-state index contributed by atoms with van der Waals surface area (Å²) >= 11 is 3.45. The van der Waals surface area contributed by atoms with Crippen LogP contribution in [0.3, 0.4) is 0 Å². The number of ether oxygens (including phenoxy) is 4. The van der Waals surface area contributed by atoms with Crippen molar-refractivity contribution in [1.82, 2.24) is 0 Å². The maximum atomic E-state index is 12.7. The number of alkyl halides is 1. The van der Waals surface area contributed by atoms with E-state index >= 15 is 0 Å². The maximum Gasteiger partial charge on any atom is 0.342 e. The van der Waals surface area contributed by atoms with Gasteiger partial charge in [-0.15, -0.1) is 0 Å². The average molecular weight is 535 g/mol. The second kappa shape index (κ2) is 16.1. The van der Waals surface area contributed by atoms with Crippen LogP contribution in [-0.4, -0.2) is 37.1 Å². The monoisotopic (exact) mass is 534 g/mol. The highest BCUT2D eigenvalue weighted by atomic mass is 79.9. The lowest BCUT2D eigenvalue weighted by Gasteiger charge is -2.17. The van der Waals surface area contributed by atoms with Crippen LogP contribution in [-0.2, 0) is 16.1 Å². The summed E-state index contributed by atoms with van der Waals surface area (Å²) in [6.07, 6.45) is 6.64. The Morgan fingerprint density at radius 1 is 0.735 bits per heavy atom. The third-order valence-electron chi connectivity index (χ3n) is 5.10. The van der Waals surface area contributed by atoms with Gasteiger partial charge in [0.1, 0.15) is 29.2 Å². The summed E-state index contributed by atoms with van der Waals surface area (Å²) in [5.74, 6) is -0.498. The molecule has 6 nitrogen and oxygen atoms in total. The lowest BCUT2D eigenvalue weighted by Crippen LogP contribution is -2.13. The molecule has 0 heterocycles. The Hall–Kier alpha value is -2.54. The molecule has 0 radical (unpaired) electrons. The molecule has 0 unspecified atom stereocenters. The molecule has 0 amide bonds. The van der Waals surface area contributed by atoms with Crippen LogP contribution in [0.15, 0.2) is 42.5 Å². The first kappa shape index (κ1) is 27.7. The Kier molecular flexibility index (Phi) is 13.2. The number of halogens is 1. The van der Waals surface area contributed by atoms with Gasteiger partial charge in [-0.25, -0.2) is 9.59 Å². The van der Waals surface area contributed by atoms with Crippen LogP contribution in [0.25, 0.3) is 0 Å². The van der Waals surface area contributed by atoms with Crippen LogP contribution >= 0.6 is 15.9 Å². The maximum absolute atomic E-state index is 12.7. The molecule has 0 aliphatic carbocycles. The van der Waals surface area contributed by atoms with Crippen molar-refractivity contribution >= 4 is 27.9 Å². The van der Waals surface area contributed by atoms with Crippen molar-refractivity contribution in [3.63, 3.8) is 0 Å². The molecule has 0 N–H and O–H groups in total. The van der Waals surface area contributed by atoms with E-state index in [0.29, 0.717) is 12.4 Å². The number of esters is 2. The van der Waals surface area contributed by atoms with Gasteiger partial charge in [0.2, 0.25) is 0 Å². The lowest BCUT2D eigenvalue weighted by atomic mass is 10.1. The third-order valence-corrected chi connectivity index (χ3v) is 5.66. The Morgan fingerprint density at radius 2 is 1.26 bits per heavy atom. The highest BCUT2D eigenvalue weighted by Gasteiger charge is 2.23. The van der Waals surface area contributed by atoms with Crippen molar-refractivity contribution in [2.75, 3.05) is 25.2 Å². The molecule has 0 bridgehead atoms. The van der Waals surface area contributed by atoms with E-state index in [1.807, 2.05) is 30.3 Å². The van der Waals surface area contributed by atoms with Crippen molar-refractivity contribution in [3.8, 4) is 11.5 Å². The van der Waals surface area contributed by atoms with Crippen molar-refractivity contribution in [2.24, 2.45) is 0 Å². The van der Waals surface area contributed by atoms with E-state index in [1.54, 1.807) is 13.8 Å². The number of unbranched alkanes of at least 4 members (excludes halogenated alkanes) is 5. The number of carbonyl (C=O) groups excluding carboxylic acids is 2. The van der Waals surface area contributed by atoms with E-state index in [2.05, 4.69) is 15.9 Å². The minimum atomic E-state index is -0.530. The van der Waals surface area contributed by atoms with Crippen LogP contribution in [0.4, 0.5) is 0 Å². The van der Waals surface area contributed by atoms with Gasteiger partial charge in [0.05, 0.1) is 19.8 Å². The molecular formula is C27H35BrO6. The van der Waals surface area contributed by atoms with Gasteiger partial charge < -0.3 is 18.9 Å². The molecule has 7 heteroatoms. The average Bonchev–Trinajstić information content (AvgIpc) is 2.85. The molecule has 0 spiro atoms. The van der Waals surface area contributed by atoms with Crippen molar-refractivity contribution in [2.45, 2.75) is 59.0 Å². The van der Waals surface area contributed by atoms with Gasteiger partial charge in [-0.1, -0.05) is 71.9 Å². The summed E-state index contributed by atoms with van der Waals surface area (Å²) in [7, 11) is 0. The minimum absolute atomic E-state index is 0.218.